The molecule has 0 spiro atoms. The fourth-order valence-corrected chi connectivity index (χ4v) is 6.03. The van der Waals surface area contributed by atoms with Crippen LogP contribution in [0.15, 0.2) is 71.6 Å². The van der Waals surface area contributed by atoms with Gasteiger partial charge < -0.3 is 15.2 Å². The third-order valence-electron chi connectivity index (χ3n) is 6.57. The van der Waals surface area contributed by atoms with E-state index in [1.54, 1.807) is 24.3 Å². The highest BCUT2D eigenvalue weighted by atomic mass is 35.5. The van der Waals surface area contributed by atoms with Crippen molar-refractivity contribution in [3.05, 3.63) is 82.3 Å². The predicted octanol–water partition coefficient (Wildman–Crippen LogP) is 6.65. The number of sulfonamides is 1. The number of aliphatic hydroxyl groups is 1. The van der Waals surface area contributed by atoms with Crippen molar-refractivity contribution in [1.82, 2.24) is 5.32 Å². The van der Waals surface area contributed by atoms with E-state index < -0.39 is 22.0 Å². The van der Waals surface area contributed by atoms with E-state index in [2.05, 4.69) is 10.0 Å². The summed E-state index contributed by atoms with van der Waals surface area (Å²) in [4.78, 5) is 13.1. The number of nitrogens with one attached hydrogen (secondary N) is 2. The molecule has 3 aromatic carbocycles. The molecule has 0 aromatic heterocycles. The zero-order valence-corrected chi connectivity index (χ0v) is 23.0. The highest BCUT2D eigenvalue weighted by Gasteiger charge is 2.24. The summed E-state index contributed by atoms with van der Waals surface area (Å²) in [6.45, 7) is -0.202. The number of aliphatic hydroxyl groups excluding tert-OH is 1. The van der Waals surface area contributed by atoms with E-state index >= 15 is 0 Å². The normalized spacial score (nSPS) is 15.0. The van der Waals surface area contributed by atoms with Gasteiger partial charge in [-0.15, -0.1) is 0 Å². The molecule has 1 atom stereocenters. The number of hydrogen-bond acceptors (Lipinski definition) is 5. The molecule has 4 rings (SSSR count). The summed E-state index contributed by atoms with van der Waals surface area (Å²) in [6.07, 6.45) is 6.37. The average molecular weight is 578 g/mol. The van der Waals surface area contributed by atoms with Crippen LogP contribution in [-0.4, -0.2) is 32.1 Å². The van der Waals surface area contributed by atoms with Crippen molar-refractivity contribution in [2.75, 3.05) is 11.3 Å². The van der Waals surface area contributed by atoms with Crippen LogP contribution < -0.4 is 14.8 Å². The zero-order chi connectivity index (χ0) is 27.1. The maximum absolute atomic E-state index is 13.2. The Morgan fingerprint density at radius 1 is 1.00 bits per heavy atom. The van der Waals surface area contributed by atoms with Crippen LogP contribution in [-0.2, 0) is 10.0 Å². The summed E-state index contributed by atoms with van der Waals surface area (Å²) in [5.41, 5.74) is 0.152. The molecule has 1 amide bonds. The predicted molar refractivity (Wildman–Crippen MR) is 150 cm³/mol. The molecule has 1 saturated carbocycles. The van der Waals surface area contributed by atoms with Crippen LogP contribution in [0.1, 0.15) is 48.9 Å². The van der Waals surface area contributed by atoms with Gasteiger partial charge in [0.1, 0.15) is 11.5 Å². The van der Waals surface area contributed by atoms with Gasteiger partial charge in [0.25, 0.3) is 15.9 Å². The first-order valence-electron chi connectivity index (χ1n) is 12.5. The lowest BCUT2D eigenvalue weighted by molar-refractivity contribution is 0.0902. The van der Waals surface area contributed by atoms with Gasteiger partial charge in [-0.05, 0) is 66.9 Å². The molecule has 1 aliphatic rings. The van der Waals surface area contributed by atoms with Gasteiger partial charge in [-0.3, -0.25) is 9.52 Å². The molecule has 0 radical (unpaired) electrons. The lowest BCUT2D eigenvalue weighted by Crippen LogP contribution is -2.39. The quantitative estimate of drug-likeness (QED) is 0.250. The molecule has 1 aliphatic carbocycles. The second-order valence-electron chi connectivity index (χ2n) is 9.39. The van der Waals surface area contributed by atoms with Crippen molar-refractivity contribution in [2.45, 2.75) is 49.5 Å². The number of rotatable bonds is 10. The van der Waals surface area contributed by atoms with Crippen LogP contribution in [0.25, 0.3) is 0 Å². The standard InChI is InChI=1S/C28H30Cl2N2O5S/c29-20-10-15-26(24(17-20)28(34)31-21(18-33)16-19-6-2-1-3-7-19)32-38(35,36)23-13-11-22(12-14-23)37-27-9-5-4-8-25(27)30/h4-5,8-15,17,19,21,32-33H,1-3,6-7,16,18H2,(H,31,34)/t21-/m0/s1. The van der Waals surface area contributed by atoms with Gasteiger partial charge in [-0.1, -0.05) is 67.4 Å². The van der Waals surface area contributed by atoms with Crippen molar-refractivity contribution in [1.29, 1.82) is 0 Å². The number of ether oxygens (including phenoxy) is 1. The number of carbonyl (C=O) groups is 1. The maximum Gasteiger partial charge on any atom is 0.261 e. The fourth-order valence-electron chi connectivity index (χ4n) is 4.61. The van der Waals surface area contributed by atoms with Crippen molar-refractivity contribution >= 4 is 44.8 Å². The first-order valence-corrected chi connectivity index (χ1v) is 14.8. The van der Waals surface area contributed by atoms with Crippen LogP contribution in [0, 0.1) is 5.92 Å². The van der Waals surface area contributed by atoms with Gasteiger partial charge in [0, 0.05) is 5.02 Å². The van der Waals surface area contributed by atoms with E-state index in [-0.39, 0.29) is 27.8 Å². The Morgan fingerprint density at radius 2 is 1.71 bits per heavy atom. The molecule has 1 fully saturated rings. The first kappa shape index (κ1) is 28.2. The summed E-state index contributed by atoms with van der Waals surface area (Å²) < 4.78 is 34.5. The van der Waals surface area contributed by atoms with E-state index in [0.717, 1.165) is 25.7 Å². The van der Waals surface area contributed by atoms with Gasteiger partial charge >= 0.3 is 0 Å². The number of amides is 1. The molecule has 0 bridgehead atoms. The van der Waals surface area contributed by atoms with Crippen molar-refractivity contribution in [3.8, 4) is 11.5 Å². The lowest BCUT2D eigenvalue weighted by Gasteiger charge is -2.26. The molecule has 0 aliphatic heterocycles. The van der Waals surface area contributed by atoms with E-state index in [4.69, 9.17) is 27.9 Å². The minimum Gasteiger partial charge on any atom is -0.456 e. The summed E-state index contributed by atoms with van der Waals surface area (Å²) >= 11 is 12.3. The zero-order valence-electron chi connectivity index (χ0n) is 20.7. The van der Waals surface area contributed by atoms with Gasteiger partial charge in [-0.2, -0.15) is 0 Å². The molecule has 3 aromatic rings. The highest BCUT2D eigenvalue weighted by Crippen LogP contribution is 2.31. The molecular formula is C28H30Cl2N2O5S. The monoisotopic (exact) mass is 576 g/mol. The molecule has 3 N–H and O–H groups in total. The third kappa shape index (κ3) is 7.41. The van der Waals surface area contributed by atoms with Crippen LogP contribution in [0.2, 0.25) is 10.0 Å². The molecule has 7 nitrogen and oxygen atoms in total. The Morgan fingerprint density at radius 3 is 2.39 bits per heavy atom. The number of anilines is 1. The van der Waals surface area contributed by atoms with Gasteiger partial charge in [0.15, 0.2) is 0 Å². The van der Waals surface area contributed by atoms with Crippen LogP contribution in [0.5, 0.6) is 11.5 Å². The van der Waals surface area contributed by atoms with Crippen molar-refractivity contribution in [3.63, 3.8) is 0 Å². The topological polar surface area (TPSA) is 105 Å². The average Bonchev–Trinajstić information content (AvgIpc) is 2.91. The number of benzene rings is 3. The SMILES string of the molecule is O=C(N[C@H](CO)CC1CCCCC1)c1cc(Cl)ccc1NS(=O)(=O)c1ccc(Oc2ccccc2Cl)cc1. The fraction of sp³-hybridized carbons (Fsp3) is 0.321. The number of hydrogen-bond donors (Lipinski definition) is 3. The van der Waals surface area contributed by atoms with E-state index in [0.29, 0.717) is 28.9 Å². The number of carbonyl (C=O) groups excluding carboxylic acids is 1. The summed E-state index contributed by atoms with van der Waals surface area (Å²) in [5.74, 6) is 0.799. The Bertz CT molecular complexity index is 1360. The second-order valence-corrected chi connectivity index (χ2v) is 11.9. The summed E-state index contributed by atoms with van der Waals surface area (Å²) in [5, 5.41) is 13.4. The second kappa shape index (κ2) is 12.8. The van der Waals surface area contributed by atoms with E-state index in [1.165, 1.54) is 48.9 Å². The highest BCUT2D eigenvalue weighted by molar-refractivity contribution is 7.92. The minimum atomic E-state index is -4.04. The van der Waals surface area contributed by atoms with Crippen LogP contribution in [0.4, 0.5) is 5.69 Å². The summed E-state index contributed by atoms with van der Waals surface area (Å²) in [6, 6.07) is 16.7. The van der Waals surface area contributed by atoms with Gasteiger partial charge in [0.05, 0.1) is 33.8 Å². The Labute approximate surface area is 233 Å². The van der Waals surface area contributed by atoms with Crippen molar-refractivity contribution < 1.29 is 23.1 Å². The molecule has 0 unspecified atom stereocenters. The Kier molecular flexibility index (Phi) is 9.54. The van der Waals surface area contributed by atoms with Crippen molar-refractivity contribution in [2.24, 2.45) is 5.92 Å². The Hall–Kier alpha value is -2.78. The molecule has 10 heteroatoms. The number of para-hydroxylation sites is 1. The smallest absolute Gasteiger partial charge is 0.261 e. The molecule has 38 heavy (non-hydrogen) atoms. The molecule has 0 heterocycles. The third-order valence-corrected chi connectivity index (χ3v) is 8.50. The maximum atomic E-state index is 13.2. The largest absolute Gasteiger partial charge is 0.456 e. The van der Waals surface area contributed by atoms with Crippen LogP contribution >= 0.6 is 23.2 Å². The van der Waals surface area contributed by atoms with E-state index in [9.17, 15) is 18.3 Å². The van der Waals surface area contributed by atoms with E-state index in [1.807, 2.05) is 0 Å². The summed E-state index contributed by atoms with van der Waals surface area (Å²) in [7, 11) is -4.04. The number of halogens is 2. The minimum absolute atomic E-state index is 0.0177. The lowest BCUT2D eigenvalue weighted by atomic mass is 9.85. The molecular weight excluding hydrogens is 547 g/mol. The van der Waals surface area contributed by atoms with Crippen LogP contribution in [0.3, 0.4) is 0 Å². The van der Waals surface area contributed by atoms with Gasteiger partial charge in [0.2, 0.25) is 0 Å². The van der Waals surface area contributed by atoms with Gasteiger partial charge in [-0.25, -0.2) is 8.42 Å². The Balaban J connectivity index is 1.48. The first-order chi connectivity index (χ1) is 18.2. The molecule has 0 saturated heterocycles. The molecule has 202 valence electrons.